The number of hydrogen-bond donors (Lipinski definition) is 2. The SMILES string of the molecule is O=C1CCc2cccc(c2)Oc2cccc(c2)C[C@@H](C(=O)O)NC(=O)[C@H](CCN2CCOCC2)C1. The maximum atomic E-state index is 13.2. The zero-order valence-corrected chi connectivity index (χ0v) is 19.8. The molecule has 0 radical (unpaired) electrons. The van der Waals surface area contributed by atoms with E-state index in [0.717, 1.165) is 24.2 Å². The zero-order chi connectivity index (χ0) is 24.6. The van der Waals surface area contributed by atoms with Gasteiger partial charge < -0.3 is 19.9 Å². The molecule has 2 aliphatic heterocycles. The van der Waals surface area contributed by atoms with Crippen LogP contribution in [0.25, 0.3) is 0 Å². The fourth-order valence-electron chi connectivity index (χ4n) is 4.51. The van der Waals surface area contributed by atoms with Gasteiger partial charge in [0.25, 0.3) is 0 Å². The number of benzene rings is 2. The van der Waals surface area contributed by atoms with Crippen LogP contribution in [0.5, 0.6) is 11.5 Å². The summed E-state index contributed by atoms with van der Waals surface area (Å²) in [7, 11) is 0. The number of rotatable bonds is 4. The van der Waals surface area contributed by atoms with Crippen LogP contribution in [0.1, 0.15) is 30.4 Å². The molecule has 8 heteroatoms. The number of carbonyl (C=O) groups excluding carboxylic acids is 2. The van der Waals surface area contributed by atoms with Crippen LogP contribution in [0.15, 0.2) is 48.5 Å². The van der Waals surface area contributed by atoms with Crippen molar-refractivity contribution in [3.05, 3.63) is 59.7 Å². The summed E-state index contributed by atoms with van der Waals surface area (Å²) in [5.41, 5.74) is 1.72. The predicted octanol–water partition coefficient (Wildman–Crippen LogP) is 2.83. The fourth-order valence-corrected chi connectivity index (χ4v) is 4.51. The second-order valence-electron chi connectivity index (χ2n) is 9.18. The van der Waals surface area contributed by atoms with Crippen molar-refractivity contribution < 1.29 is 29.0 Å². The molecule has 4 rings (SSSR count). The lowest BCUT2D eigenvalue weighted by Gasteiger charge is -2.28. The second-order valence-corrected chi connectivity index (χ2v) is 9.18. The summed E-state index contributed by atoms with van der Waals surface area (Å²) in [5, 5.41) is 12.5. The number of amides is 1. The van der Waals surface area contributed by atoms with Gasteiger partial charge in [-0.25, -0.2) is 4.79 Å². The van der Waals surface area contributed by atoms with Gasteiger partial charge in [0.05, 0.1) is 13.2 Å². The van der Waals surface area contributed by atoms with E-state index in [-0.39, 0.29) is 24.5 Å². The molecule has 0 unspecified atom stereocenters. The first-order valence-corrected chi connectivity index (χ1v) is 12.2. The van der Waals surface area contributed by atoms with Gasteiger partial charge in [0.2, 0.25) is 5.91 Å². The number of morpholine rings is 1. The summed E-state index contributed by atoms with van der Waals surface area (Å²) in [5.74, 6) is -0.853. The number of carboxylic acid groups (broad SMARTS) is 1. The van der Waals surface area contributed by atoms with Crippen molar-refractivity contribution in [2.75, 3.05) is 32.8 Å². The van der Waals surface area contributed by atoms with E-state index in [1.54, 1.807) is 12.1 Å². The van der Waals surface area contributed by atoms with Crippen LogP contribution < -0.4 is 10.1 Å². The molecule has 1 saturated heterocycles. The standard InChI is InChI=1S/C27H32N2O6/c30-22-8-7-19-3-1-5-23(15-19)35-24-6-2-4-20(16-24)17-25(27(32)33)28-26(31)21(18-22)9-10-29-11-13-34-14-12-29/h1-6,15-16,21,25H,7-14,17-18H2,(H,28,31)(H,32,33)/t21-,25+/m1/s1. The van der Waals surface area contributed by atoms with Crippen LogP contribution in [-0.4, -0.2) is 66.6 Å². The van der Waals surface area contributed by atoms with Gasteiger partial charge in [-0.3, -0.25) is 14.5 Å². The highest BCUT2D eigenvalue weighted by molar-refractivity contribution is 5.89. The molecule has 0 saturated carbocycles. The Morgan fingerprint density at radius 2 is 1.66 bits per heavy atom. The number of fused-ring (bicyclic) bond motifs is 4. The van der Waals surface area contributed by atoms with E-state index in [4.69, 9.17) is 9.47 Å². The first kappa shape index (κ1) is 24.9. The molecule has 0 aliphatic carbocycles. The van der Waals surface area contributed by atoms with E-state index in [0.29, 0.717) is 50.5 Å². The molecule has 1 amide bonds. The first-order valence-electron chi connectivity index (χ1n) is 12.2. The van der Waals surface area contributed by atoms with Crippen molar-refractivity contribution in [2.45, 2.75) is 38.1 Å². The number of carbonyl (C=O) groups is 3. The lowest BCUT2D eigenvalue weighted by atomic mass is 9.93. The minimum atomic E-state index is -1.11. The smallest absolute Gasteiger partial charge is 0.326 e. The van der Waals surface area contributed by atoms with Crippen molar-refractivity contribution in [1.82, 2.24) is 10.2 Å². The predicted molar refractivity (Wildman–Crippen MR) is 130 cm³/mol. The molecule has 4 bridgehead atoms. The highest BCUT2D eigenvalue weighted by atomic mass is 16.5. The van der Waals surface area contributed by atoms with Crippen LogP contribution >= 0.6 is 0 Å². The molecule has 2 heterocycles. The van der Waals surface area contributed by atoms with Crippen LogP contribution in [0.4, 0.5) is 0 Å². The number of nitrogens with zero attached hydrogens (tertiary/aromatic N) is 1. The van der Waals surface area contributed by atoms with Crippen LogP contribution in [0.2, 0.25) is 0 Å². The number of ether oxygens (including phenoxy) is 2. The van der Waals surface area contributed by atoms with Gasteiger partial charge in [-0.15, -0.1) is 0 Å². The van der Waals surface area contributed by atoms with Gasteiger partial charge in [0.15, 0.2) is 0 Å². The number of hydrogen-bond acceptors (Lipinski definition) is 6. The minimum Gasteiger partial charge on any atom is -0.480 e. The quantitative estimate of drug-likeness (QED) is 0.693. The molecule has 2 atom stereocenters. The number of ketones is 1. The molecule has 2 aromatic carbocycles. The fraction of sp³-hybridized carbons (Fsp3) is 0.444. The molecule has 2 aromatic rings. The van der Waals surface area contributed by atoms with Gasteiger partial charge in [-0.05, 0) is 54.8 Å². The molecule has 35 heavy (non-hydrogen) atoms. The largest absolute Gasteiger partial charge is 0.480 e. The molecule has 2 aliphatic rings. The van der Waals surface area contributed by atoms with Crippen molar-refractivity contribution in [2.24, 2.45) is 5.92 Å². The third-order valence-corrected chi connectivity index (χ3v) is 6.52. The lowest BCUT2D eigenvalue weighted by molar-refractivity contribution is -0.142. The number of aliphatic carboxylic acids is 1. The summed E-state index contributed by atoms with van der Waals surface area (Å²) in [4.78, 5) is 40.3. The lowest BCUT2D eigenvalue weighted by Crippen LogP contribution is -2.46. The van der Waals surface area contributed by atoms with Gasteiger partial charge in [-0.1, -0.05) is 24.3 Å². The maximum absolute atomic E-state index is 13.2. The first-order chi connectivity index (χ1) is 17.0. The van der Waals surface area contributed by atoms with E-state index >= 15 is 0 Å². The van der Waals surface area contributed by atoms with E-state index in [9.17, 15) is 19.5 Å². The number of Topliss-reactive ketones (excluding diaryl/α,β-unsaturated/α-hetero) is 1. The van der Waals surface area contributed by atoms with Crippen LogP contribution in [-0.2, 0) is 32.0 Å². The molecular weight excluding hydrogens is 448 g/mol. The molecule has 186 valence electrons. The van der Waals surface area contributed by atoms with Crippen molar-refractivity contribution in [1.29, 1.82) is 0 Å². The normalized spacial score (nSPS) is 22.2. The summed E-state index contributed by atoms with van der Waals surface area (Å²) in [6.45, 7) is 3.54. The maximum Gasteiger partial charge on any atom is 0.326 e. The monoisotopic (exact) mass is 480 g/mol. The summed E-state index contributed by atoms with van der Waals surface area (Å²) in [6.07, 6.45) is 1.55. The van der Waals surface area contributed by atoms with Crippen molar-refractivity contribution in [3.63, 3.8) is 0 Å². The van der Waals surface area contributed by atoms with Crippen LogP contribution in [0.3, 0.4) is 0 Å². The highest BCUT2D eigenvalue weighted by Gasteiger charge is 2.28. The third-order valence-electron chi connectivity index (χ3n) is 6.52. The average molecular weight is 481 g/mol. The van der Waals surface area contributed by atoms with Crippen molar-refractivity contribution >= 4 is 17.7 Å². The minimum absolute atomic E-state index is 0.0114. The molecule has 1 fully saturated rings. The molecule has 0 aromatic heterocycles. The van der Waals surface area contributed by atoms with E-state index in [2.05, 4.69) is 10.2 Å². The Morgan fingerprint density at radius 1 is 0.971 bits per heavy atom. The summed E-state index contributed by atoms with van der Waals surface area (Å²) < 4.78 is 11.4. The second kappa shape index (κ2) is 12.0. The molecule has 2 N–H and O–H groups in total. The zero-order valence-electron chi connectivity index (χ0n) is 19.8. The Balaban J connectivity index is 1.57. The average Bonchev–Trinajstić information content (AvgIpc) is 2.85. The van der Waals surface area contributed by atoms with E-state index in [1.165, 1.54) is 0 Å². The Kier molecular flexibility index (Phi) is 8.50. The molecule has 0 spiro atoms. The molecule has 8 nitrogen and oxygen atoms in total. The number of nitrogens with one attached hydrogen (secondary N) is 1. The Morgan fingerprint density at radius 3 is 2.37 bits per heavy atom. The number of aryl methyl sites for hydroxylation is 1. The molecular formula is C27H32N2O6. The van der Waals surface area contributed by atoms with Gasteiger partial charge >= 0.3 is 5.97 Å². The highest BCUT2D eigenvalue weighted by Crippen LogP contribution is 2.25. The van der Waals surface area contributed by atoms with Crippen molar-refractivity contribution in [3.8, 4) is 11.5 Å². The Hall–Kier alpha value is -3.23. The topological polar surface area (TPSA) is 105 Å². The Labute approximate surface area is 205 Å². The third kappa shape index (κ3) is 7.37. The van der Waals surface area contributed by atoms with Gasteiger partial charge in [0, 0.05) is 38.3 Å². The van der Waals surface area contributed by atoms with E-state index in [1.807, 2.05) is 36.4 Å². The summed E-state index contributed by atoms with van der Waals surface area (Å²) in [6, 6.07) is 13.7. The van der Waals surface area contributed by atoms with E-state index < -0.39 is 17.9 Å². The summed E-state index contributed by atoms with van der Waals surface area (Å²) >= 11 is 0. The number of carboxylic acids is 1. The van der Waals surface area contributed by atoms with Crippen LogP contribution in [0, 0.1) is 5.92 Å². The van der Waals surface area contributed by atoms with Gasteiger partial charge in [-0.2, -0.15) is 0 Å². The Bertz CT molecular complexity index is 1050. The van der Waals surface area contributed by atoms with Gasteiger partial charge in [0.1, 0.15) is 23.3 Å².